The van der Waals surface area contributed by atoms with Crippen molar-refractivity contribution in [1.82, 2.24) is 0 Å². The highest BCUT2D eigenvalue weighted by Gasteiger charge is 2.09. The lowest BCUT2D eigenvalue weighted by Gasteiger charge is -2.10. The first-order valence-electron chi connectivity index (χ1n) is 14.4. The lowest BCUT2D eigenvalue weighted by molar-refractivity contribution is -0.128. The Hall–Kier alpha value is -2.08. The Morgan fingerprint density at radius 3 is 1.84 bits per heavy atom. The average Bonchev–Trinajstić information content (AvgIpc) is 2.89. The molecule has 0 aliphatic heterocycles. The fourth-order valence-electron chi connectivity index (χ4n) is 4.42. The summed E-state index contributed by atoms with van der Waals surface area (Å²) >= 11 is 0. The molecule has 5 heteroatoms. The molecular weight excluding hydrogens is 464 g/mol. The van der Waals surface area contributed by atoms with Crippen LogP contribution in [0, 0.1) is 0 Å². The summed E-state index contributed by atoms with van der Waals surface area (Å²) in [5, 5.41) is 11.8. The number of fused-ring (bicyclic) bond motifs is 1. The number of carbonyl (C=O) groups excluding carboxylic acids is 2. The van der Waals surface area contributed by atoms with E-state index in [4.69, 9.17) is 9.47 Å². The van der Waals surface area contributed by atoms with E-state index in [0.717, 1.165) is 34.7 Å². The second kappa shape index (κ2) is 19.1. The van der Waals surface area contributed by atoms with Crippen LogP contribution < -0.4 is 0 Å². The largest absolute Gasteiger partial charge is 0.383 e. The third-order valence-electron chi connectivity index (χ3n) is 6.84. The van der Waals surface area contributed by atoms with Crippen LogP contribution in [0.25, 0.3) is 10.8 Å². The van der Waals surface area contributed by atoms with E-state index in [1.54, 1.807) is 0 Å². The zero-order chi connectivity index (χ0) is 26.7. The van der Waals surface area contributed by atoms with Crippen molar-refractivity contribution >= 4 is 22.3 Å². The van der Waals surface area contributed by atoms with E-state index >= 15 is 0 Å². The summed E-state index contributed by atoms with van der Waals surface area (Å²) in [6, 6.07) is 12.3. The van der Waals surface area contributed by atoms with E-state index in [1.165, 1.54) is 64.7 Å². The Morgan fingerprint density at radius 2 is 1.27 bits per heavy atom. The van der Waals surface area contributed by atoms with Gasteiger partial charge in [-0.2, -0.15) is 0 Å². The van der Waals surface area contributed by atoms with Crippen molar-refractivity contribution in [3.63, 3.8) is 0 Å². The van der Waals surface area contributed by atoms with Gasteiger partial charge in [0.25, 0.3) is 0 Å². The maximum atomic E-state index is 12.2. The summed E-state index contributed by atoms with van der Waals surface area (Å²) in [5.41, 5.74) is 2.05. The van der Waals surface area contributed by atoms with E-state index < -0.39 is 6.10 Å². The van der Waals surface area contributed by atoms with Crippen LogP contribution in [-0.2, 0) is 32.3 Å². The number of benzene rings is 2. The molecule has 0 saturated carbocycles. The normalized spacial score (nSPS) is 12.2. The van der Waals surface area contributed by atoms with E-state index in [9.17, 15) is 14.7 Å². The van der Waals surface area contributed by atoms with Crippen LogP contribution in [-0.4, -0.2) is 36.0 Å². The summed E-state index contributed by atoms with van der Waals surface area (Å²) in [5.74, 6) is 0.00732. The molecule has 1 unspecified atom stereocenters. The van der Waals surface area contributed by atoms with E-state index in [2.05, 4.69) is 31.2 Å². The van der Waals surface area contributed by atoms with Crippen LogP contribution in [0.1, 0.15) is 108 Å². The number of ketones is 2. The van der Waals surface area contributed by atoms with E-state index in [0.29, 0.717) is 38.4 Å². The standard InChI is InChI=1S/C32H48O5/c1-3-4-5-6-7-8-9-10-11-12-13-14-31(34)19-20-36-23-27-15-17-29-18-16-28(22-30(29)21-27)24-37-25-32(35)26(2)33/h15-18,21-22,32,35H,3-14,19-20,23-25H2,1-2H3. The minimum absolute atomic E-state index is 0.000769. The minimum Gasteiger partial charge on any atom is -0.383 e. The molecule has 37 heavy (non-hydrogen) atoms. The molecule has 5 nitrogen and oxygen atoms in total. The number of hydrogen-bond acceptors (Lipinski definition) is 5. The zero-order valence-electron chi connectivity index (χ0n) is 23.1. The number of carbonyl (C=O) groups is 2. The summed E-state index contributed by atoms with van der Waals surface area (Å²) in [7, 11) is 0. The van der Waals surface area contributed by atoms with E-state index in [-0.39, 0.29) is 12.4 Å². The molecule has 0 amide bonds. The fourth-order valence-corrected chi connectivity index (χ4v) is 4.42. The Kier molecular flexibility index (Phi) is 16.0. The van der Waals surface area contributed by atoms with Gasteiger partial charge >= 0.3 is 0 Å². The van der Waals surface area contributed by atoms with Crippen molar-refractivity contribution in [3.8, 4) is 0 Å². The average molecular weight is 513 g/mol. The van der Waals surface area contributed by atoms with Crippen LogP contribution in [0.2, 0.25) is 0 Å². The molecule has 0 aliphatic carbocycles. The quantitative estimate of drug-likeness (QED) is 0.166. The fraction of sp³-hybridized carbons (Fsp3) is 0.625. The van der Waals surface area contributed by atoms with E-state index in [1.807, 2.05) is 12.1 Å². The van der Waals surface area contributed by atoms with Gasteiger partial charge in [-0.3, -0.25) is 9.59 Å². The molecule has 2 rings (SSSR count). The molecule has 0 aliphatic rings. The Labute approximate surface area is 223 Å². The van der Waals surface area contributed by atoms with Crippen molar-refractivity contribution in [1.29, 1.82) is 0 Å². The molecule has 2 aromatic carbocycles. The highest BCUT2D eigenvalue weighted by atomic mass is 16.5. The van der Waals surface area contributed by atoms with Crippen molar-refractivity contribution in [2.45, 2.75) is 117 Å². The number of Topliss-reactive ketones (excluding diaryl/α,β-unsaturated/α-hetero) is 2. The molecule has 0 saturated heterocycles. The number of aliphatic hydroxyl groups excluding tert-OH is 1. The third-order valence-corrected chi connectivity index (χ3v) is 6.84. The van der Waals surface area contributed by atoms with Crippen molar-refractivity contribution in [2.75, 3.05) is 13.2 Å². The molecule has 1 N–H and O–H groups in total. The number of ether oxygens (including phenoxy) is 2. The van der Waals surface area contributed by atoms with Gasteiger partial charge in [0.2, 0.25) is 0 Å². The van der Waals surface area contributed by atoms with Crippen LogP contribution in [0.5, 0.6) is 0 Å². The highest BCUT2D eigenvalue weighted by Crippen LogP contribution is 2.19. The minimum atomic E-state index is -1.07. The van der Waals surface area contributed by atoms with Gasteiger partial charge < -0.3 is 14.6 Å². The van der Waals surface area contributed by atoms with Crippen LogP contribution in [0.3, 0.4) is 0 Å². The first-order valence-corrected chi connectivity index (χ1v) is 14.4. The third kappa shape index (κ3) is 13.9. The maximum absolute atomic E-state index is 12.2. The molecule has 0 bridgehead atoms. The predicted octanol–water partition coefficient (Wildman–Crippen LogP) is 7.48. The topological polar surface area (TPSA) is 72.8 Å². The molecule has 206 valence electrons. The Morgan fingerprint density at radius 1 is 0.730 bits per heavy atom. The summed E-state index contributed by atoms with van der Waals surface area (Å²) in [6.07, 6.45) is 14.3. The zero-order valence-corrected chi connectivity index (χ0v) is 23.1. The molecule has 2 aromatic rings. The van der Waals surface area contributed by atoms with Gasteiger partial charge in [0.15, 0.2) is 5.78 Å². The smallest absolute Gasteiger partial charge is 0.160 e. The van der Waals surface area contributed by atoms with Gasteiger partial charge in [0, 0.05) is 12.8 Å². The maximum Gasteiger partial charge on any atom is 0.160 e. The Bertz CT molecular complexity index is 923. The molecule has 0 spiro atoms. The van der Waals surface area contributed by atoms with Crippen molar-refractivity contribution in [2.24, 2.45) is 0 Å². The van der Waals surface area contributed by atoms with Gasteiger partial charge in [-0.1, -0.05) is 95.4 Å². The lowest BCUT2D eigenvalue weighted by atomic mass is 10.0. The van der Waals surface area contributed by atoms with Crippen molar-refractivity contribution in [3.05, 3.63) is 47.5 Å². The number of aliphatic hydroxyl groups is 1. The first-order chi connectivity index (χ1) is 18.0. The van der Waals surface area contributed by atoms with Gasteiger partial charge in [-0.15, -0.1) is 0 Å². The van der Waals surface area contributed by atoms with Gasteiger partial charge in [-0.25, -0.2) is 0 Å². The molecule has 0 radical (unpaired) electrons. The molecule has 0 fully saturated rings. The van der Waals surface area contributed by atoms with Crippen molar-refractivity contribution < 1.29 is 24.2 Å². The summed E-state index contributed by atoms with van der Waals surface area (Å²) in [4.78, 5) is 23.3. The van der Waals surface area contributed by atoms with Gasteiger partial charge in [-0.05, 0) is 47.4 Å². The second-order valence-electron chi connectivity index (χ2n) is 10.3. The lowest BCUT2D eigenvalue weighted by Crippen LogP contribution is -2.23. The highest BCUT2D eigenvalue weighted by molar-refractivity contribution is 5.84. The van der Waals surface area contributed by atoms with Crippen LogP contribution in [0.4, 0.5) is 0 Å². The summed E-state index contributed by atoms with van der Waals surface area (Å²) in [6.45, 7) is 4.88. The van der Waals surface area contributed by atoms with Crippen LogP contribution >= 0.6 is 0 Å². The molecule has 0 aromatic heterocycles. The molecule has 0 heterocycles. The van der Waals surface area contributed by atoms with Gasteiger partial charge in [0.1, 0.15) is 11.9 Å². The summed E-state index contributed by atoms with van der Waals surface area (Å²) < 4.78 is 11.3. The second-order valence-corrected chi connectivity index (χ2v) is 10.3. The predicted molar refractivity (Wildman–Crippen MR) is 151 cm³/mol. The molecular formula is C32H48O5. The first kappa shape index (κ1) is 31.1. The monoisotopic (exact) mass is 512 g/mol. The van der Waals surface area contributed by atoms with Gasteiger partial charge in [0.05, 0.1) is 26.4 Å². The Balaban J connectivity index is 1.56. The number of unbranched alkanes of at least 4 members (excludes halogenated alkanes) is 10. The number of rotatable bonds is 22. The SMILES string of the molecule is CCCCCCCCCCCCCC(=O)CCOCc1ccc2ccc(COCC(O)C(C)=O)cc2c1. The molecule has 1 atom stereocenters. The number of hydrogen-bond donors (Lipinski definition) is 1. The van der Waals surface area contributed by atoms with Crippen LogP contribution in [0.15, 0.2) is 36.4 Å².